The first-order chi connectivity index (χ1) is 9.47. The van der Waals surface area contributed by atoms with Crippen molar-refractivity contribution >= 4 is 29.2 Å². The van der Waals surface area contributed by atoms with Crippen LogP contribution in [-0.4, -0.2) is 11.1 Å². The number of benzene rings is 2. The molecular formula is C14H9Cl2FO3. The van der Waals surface area contributed by atoms with Gasteiger partial charge in [0.1, 0.15) is 18.2 Å². The van der Waals surface area contributed by atoms with Crippen LogP contribution in [0.4, 0.5) is 4.39 Å². The maximum atomic E-state index is 13.1. The monoisotopic (exact) mass is 314 g/mol. The Bertz CT molecular complexity index is 659. The van der Waals surface area contributed by atoms with Crippen LogP contribution < -0.4 is 4.74 Å². The lowest BCUT2D eigenvalue weighted by atomic mass is 10.2. The average molecular weight is 315 g/mol. The zero-order chi connectivity index (χ0) is 14.7. The van der Waals surface area contributed by atoms with Crippen LogP contribution in [0.5, 0.6) is 5.75 Å². The Morgan fingerprint density at radius 3 is 2.55 bits per heavy atom. The Hall–Kier alpha value is -1.78. The highest BCUT2D eigenvalue weighted by Gasteiger charge is 2.09. The van der Waals surface area contributed by atoms with Crippen molar-refractivity contribution in [3.63, 3.8) is 0 Å². The summed E-state index contributed by atoms with van der Waals surface area (Å²) in [6.07, 6.45) is 0. The fraction of sp³-hybridized carbons (Fsp3) is 0.0714. The highest BCUT2D eigenvalue weighted by Crippen LogP contribution is 2.27. The molecule has 0 saturated heterocycles. The molecule has 0 aliphatic rings. The number of rotatable bonds is 4. The van der Waals surface area contributed by atoms with E-state index in [1.54, 1.807) is 0 Å². The van der Waals surface area contributed by atoms with Gasteiger partial charge in [-0.2, -0.15) is 0 Å². The normalized spacial score (nSPS) is 10.3. The number of carbonyl (C=O) groups is 1. The molecule has 0 fully saturated rings. The molecular weight excluding hydrogens is 306 g/mol. The second-order valence-electron chi connectivity index (χ2n) is 3.97. The fourth-order valence-electron chi connectivity index (χ4n) is 1.56. The summed E-state index contributed by atoms with van der Waals surface area (Å²) in [7, 11) is 0. The lowest BCUT2D eigenvalue weighted by Crippen LogP contribution is -2.00. The zero-order valence-corrected chi connectivity index (χ0v) is 11.6. The van der Waals surface area contributed by atoms with E-state index in [-0.39, 0.29) is 17.2 Å². The van der Waals surface area contributed by atoms with Crippen LogP contribution in [0.3, 0.4) is 0 Å². The quantitative estimate of drug-likeness (QED) is 0.909. The number of aromatic carboxylic acids is 1. The number of ether oxygens (including phenoxy) is 1. The van der Waals surface area contributed by atoms with Gasteiger partial charge in [-0.25, -0.2) is 9.18 Å². The molecule has 0 radical (unpaired) electrons. The van der Waals surface area contributed by atoms with Gasteiger partial charge >= 0.3 is 5.97 Å². The minimum Gasteiger partial charge on any atom is -0.487 e. The van der Waals surface area contributed by atoms with Gasteiger partial charge in [-0.15, -0.1) is 0 Å². The summed E-state index contributed by atoms with van der Waals surface area (Å²) in [6.45, 7) is 0.0305. The summed E-state index contributed by atoms with van der Waals surface area (Å²) in [5.74, 6) is -1.19. The summed E-state index contributed by atoms with van der Waals surface area (Å²) in [5.41, 5.74) is 0.538. The summed E-state index contributed by atoms with van der Waals surface area (Å²) in [6, 6.07) is 8.05. The number of halogens is 3. The molecule has 20 heavy (non-hydrogen) atoms. The zero-order valence-electron chi connectivity index (χ0n) is 10.1. The first-order valence-electron chi connectivity index (χ1n) is 5.57. The van der Waals surface area contributed by atoms with Crippen molar-refractivity contribution < 1.29 is 19.0 Å². The van der Waals surface area contributed by atoms with Gasteiger partial charge in [0.25, 0.3) is 0 Å². The molecule has 0 bridgehead atoms. The number of carboxylic acids is 1. The van der Waals surface area contributed by atoms with Crippen LogP contribution in [0.15, 0.2) is 36.4 Å². The van der Waals surface area contributed by atoms with E-state index in [0.717, 1.165) is 0 Å². The number of carboxylic acid groups (broad SMARTS) is 1. The van der Waals surface area contributed by atoms with Crippen LogP contribution in [-0.2, 0) is 6.61 Å². The fourth-order valence-corrected chi connectivity index (χ4v) is 1.97. The van der Waals surface area contributed by atoms with Gasteiger partial charge in [0.15, 0.2) is 0 Å². The Morgan fingerprint density at radius 1 is 1.15 bits per heavy atom. The van der Waals surface area contributed by atoms with E-state index in [4.69, 9.17) is 33.0 Å². The van der Waals surface area contributed by atoms with Crippen molar-refractivity contribution in [2.24, 2.45) is 0 Å². The summed E-state index contributed by atoms with van der Waals surface area (Å²) < 4.78 is 18.5. The number of hydrogen-bond donors (Lipinski definition) is 1. The Labute approximate surface area is 124 Å². The van der Waals surface area contributed by atoms with Gasteiger partial charge in [0.05, 0.1) is 10.6 Å². The smallest absolute Gasteiger partial charge is 0.335 e. The van der Waals surface area contributed by atoms with Gasteiger partial charge in [0.2, 0.25) is 0 Å². The first-order valence-corrected chi connectivity index (χ1v) is 6.32. The van der Waals surface area contributed by atoms with Crippen LogP contribution in [0.2, 0.25) is 10.0 Å². The second-order valence-corrected chi connectivity index (χ2v) is 4.79. The summed E-state index contributed by atoms with van der Waals surface area (Å²) in [4.78, 5) is 10.8. The number of hydrogen-bond acceptors (Lipinski definition) is 2. The lowest BCUT2D eigenvalue weighted by Gasteiger charge is -2.10. The Balaban J connectivity index is 2.15. The molecule has 2 rings (SSSR count). The molecule has 0 aliphatic carbocycles. The minimum absolute atomic E-state index is 0.0305. The van der Waals surface area contributed by atoms with E-state index >= 15 is 0 Å². The standard InChI is InChI=1S/C14H9Cl2FO3/c15-11-3-2-10(17)5-9(11)7-20-13-4-1-8(14(18)19)6-12(13)16/h1-6H,7H2,(H,18,19). The van der Waals surface area contributed by atoms with Crippen LogP contribution >= 0.6 is 23.2 Å². The van der Waals surface area contributed by atoms with Crippen molar-refractivity contribution in [1.82, 2.24) is 0 Å². The van der Waals surface area contributed by atoms with Gasteiger partial charge in [-0.3, -0.25) is 0 Å². The first kappa shape index (κ1) is 14.6. The topological polar surface area (TPSA) is 46.5 Å². The Kier molecular flexibility index (Phi) is 4.47. The van der Waals surface area contributed by atoms with E-state index in [2.05, 4.69) is 0 Å². The predicted octanol–water partition coefficient (Wildman–Crippen LogP) is 4.41. The van der Waals surface area contributed by atoms with Gasteiger partial charge in [0, 0.05) is 10.6 Å². The molecule has 2 aromatic carbocycles. The molecule has 0 aromatic heterocycles. The third kappa shape index (κ3) is 3.40. The molecule has 0 unspecified atom stereocenters. The van der Waals surface area contributed by atoms with E-state index in [1.165, 1.54) is 36.4 Å². The van der Waals surface area contributed by atoms with Gasteiger partial charge in [-0.1, -0.05) is 23.2 Å². The van der Waals surface area contributed by atoms with E-state index in [1.807, 2.05) is 0 Å². The van der Waals surface area contributed by atoms with E-state index in [9.17, 15) is 9.18 Å². The minimum atomic E-state index is -1.08. The molecule has 0 heterocycles. The third-order valence-corrected chi connectivity index (χ3v) is 3.23. The lowest BCUT2D eigenvalue weighted by molar-refractivity contribution is 0.0697. The highest BCUT2D eigenvalue weighted by molar-refractivity contribution is 6.32. The van der Waals surface area contributed by atoms with Gasteiger partial charge in [-0.05, 0) is 36.4 Å². The largest absolute Gasteiger partial charge is 0.487 e. The van der Waals surface area contributed by atoms with Crippen LogP contribution in [0, 0.1) is 5.82 Å². The van der Waals surface area contributed by atoms with Crippen molar-refractivity contribution in [2.45, 2.75) is 6.61 Å². The molecule has 0 spiro atoms. The predicted molar refractivity (Wildman–Crippen MR) is 74.2 cm³/mol. The third-order valence-electron chi connectivity index (χ3n) is 2.57. The molecule has 2 aromatic rings. The molecule has 3 nitrogen and oxygen atoms in total. The van der Waals surface area contributed by atoms with Gasteiger partial charge < -0.3 is 9.84 Å². The van der Waals surface area contributed by atoms with E-state index in [0.29, 0.717) is 16.3 Å². The molecule has 6 heteroatoms. The summed E-state index contributed by atoms with van der Waals surface area (Å²) in [5, 5.41) is 9.36. The summed E-state index contributed by atoms with van der Waals surface area (Å²) >= 11 is 11.8. The van der Waals surface area contributed by atoms with Crippen molar-refractivity contribution in [1.29, 1.82) is 0 Å². The molecule has 0 atom stereocenters. The maximum Gasteiger partial charge on any atom is 0.335 e. The van der Waals surface area contributed by atoms with Crippen molar-refractivity contribution in [3.8, 4) is 5.75 Å². The van der Waals surface area contributed by atoms with Crippen LogP contribution in [0.25, 0.3) is 0 Å². The second kappa shape index (κ2) is 6.11. The highest BCUT2D eigenvalue weighted by atomic mass is 35.5. The average Bonchev–Trinajstić information content (AvgIpc) is 2.40. The molecule has 1 N–H and O–H groups in total. The molecule has 0 amide bonds. The molecule has 0 saturated carbocycles. The van der Waals surface area contributed by atoms with E-state index < -0.39 is 11.8 Å². The molecule has 104 valence electrons. The molecule has 0 aliphatic heterocycles. The van der Waals surface area contributed by atoms with Crippen LogP contribution in [0.1, 0.15) is 15.9 Å². The Morgan fingerprint density at radius 2 is 1.90 bits per heavy atom. The van der Waals surface area contributed by atoms with Crippen molar-refractivity contribution in [3.05, 3.63) is 63.4 Å². The maximum absolute atomic E-state index is 13.1. The SMILES string of the molecule is O=C(O)c1ccc(OCc2cc(F)ccc2Cl)c(Cl)c1. The van der Waals surface area contributed by atoms with Crippen molar-refractivity contribution in [2.75, 3.05) is 0 Å².